The van der Waals surface area contributed by atoms with Gasteiger partial charge in [-0.15, -0.1) is 0 Å². The van der Waals surface area contributed by atoms with E-state index < -0.39 is 35.4 Å². The van der Waals surface area contributed by atoms with E-state index in [1.807, 2.05) is 25.3 Å². The largest absolute Gasteiger partial charge is 0.465 e. The highest BCUT2D eigenvalue weighted by Crippen LogP contribution is 2.40. The smallest absolute Gasteiger partial charge is 0.408 e. The van der Waals surface area contributed by atoms with Crippen molar-refractivity contribution in [1.29, 1.82) is 0 Å². The number of rotatable bonds is 4. The summed E-state index contributed by atoms with van der Waals surface area (Å²) in [5.74, 6) is -1.54. The Labute approximate surface area is 175 Å². The third kappa shape index (κ3) is 4.33. The van der Waals surface area contributed by atoms with Crippen molar-refractivity contribution in [1.82, 2.24) is 14.5 Å². The Kier molecular flexibility index (Phi) is 6.17. The molecule has 1 aliphatic rings. The van der Waals surface area contributed by atoms with Crippen molar-refractivity contribution >= 4 is 6.09 Å². The van der Waals surface area contributed by atoms with Gasteiger partial charge >= 0.3 is 6.09 Å². The normalized spacial score (nSPS) is 20.4. The number of fused-ring (bicyclic) bond motifs is 1. The van der Waals surface area contributed by atoms with Crippen LogP contribution in [0.15, 0.2) is 24.4 Å². The first-order valence-electron chi connectivity index (χ1n) is 10.2. The summed E-state index contributed by atoms with van der Waals surface area (Å²) in [5, 5.41) is 19.8. The molecule has 3 atom stereocenters. The van der Waals surface area contributed by atoms with Crippen LogP contribution in [0, 0.1) is 11.6 Å². The molecule has 1 amide bonds. The first kappa shape index (κ1) is 22.2. The Morgan fingerprint density at radius 1 is 1.33 bits per heavy atom. The van der Waals surface area contributed by atoms with Crippen LogP contribution in [0.4, 0.5) is 13.6 Å². The van der Waals surface area contributed by atoms with Crippen molar-refractivity contribution in [3.8, 4) is 0 Å². The lowest BCUT2D eigenvalue weighted by Gasteiger charge is -2.39. The van der Waals surface area contributed by atoms with E-state index in [0.717, 1.165) is 11.8 Å². The van der Waals surface area contributed by atoms with Gasteiger partial charge < -0.3 is 14.8 Å². The second-order valence-electron chi connectivity index (χ2n) is 9.03. The van der Waals surface area contributed by atoms with Crippen molar-refractivity contribution < 1.29 is 23.8 Å². The zero-order valence-electron chi connectivity index (χ0n) is 17.8. The van der Waals surface area contributed by atoms with Crippen LogP contribution in [0.25, 0.3) is 0 Å². The van der Waals surface area contributed by atoms with Crippen LogP contribution in [0.2, 0.25) is 0 Å². The number of amides is 1. The fourth-order valence-electron chi connectivity index (χ4n) is 4.39. The van der Waals surface area contributed by atoms with E-state index in [1.165, 1.54) is 11.0 Å². The molecular formula is C22H29F2N3O3. The second kappa shape index (κ2) is 8.34. The molecule has 8 heteroatoms. The molecule has 0 radical (unpaired) electrons. The van der Waals surface area contributed by atoms with Gasteiger partial charge in [-0.05, 0) is 52.2 Å². The Bertz CT molecular complexity index is 921. The highest BCUT2D eigenvalue weighted by molar-refractivity contribution is 5.66. The minimum atomic E-state index is -1.06. The summed E-state index contributed by atoms with van der Waals surface area (Å²) >= 11 is 0. The van der Waals surface area contributed by atoms with E-state index in [-0.39, 0.29) is 11.5 Å². The van der Waals surface area contributed by atoms with E-state index in [4.69, 9.17) is 0 Å². The minimum absolute atomic E-state index is 0.274. The lowest BCUT2D eigenvalue weighted by molar-refractivity contribution is 0.0633. The van der Waals surface area contributed by atoms with Gasteiger partial charge in [-0.25, -0.2) is 18.6 Å². The van der Waals surface area contributed by atoms with Gasteiger partial charge in [-0.3, -0.25) is 4.90 Å². The van der Waals surface area contributed by atoms with Crippen LogP contribution >= 0.6 is 0 Å². The Morgan fingerprint density at radius 2 is 2.03 bits per heavy atom. The molecule has 30 heavy (non-hydrogen) atoms. The molecule has 0 saturated carbocycles. The lowest BCUT2D eigenvalue weighted by Crippen LogP contribution is -2.47. The first-order valence-corrected chi connectivity index (χ1v) is 10.2. The molecule has 1 aliphatic heterocycles. The maximum atomic E-state index is 14.6. The summed E-state index contributed by atoms with van der Waals surface area (Å²) < 4.78 is 30.3. The van der Waals surface area contributed by atoms with Crippen LogP contribution in [0.5, 0.6) is 0 Å². The number of carbonyl (C=O) groups is 1. The summed E-state index contributed by atoms with van der Waals surface area (Å²) in [6, 6.07) is 3.62. The zero-order chi connectivity index (χ0) is 22.2. The van der Waals surface area contributed by atoms with Gasteiger partial charge in [0.25, 0.3) is 0 Å². The van der Waals surface area contributed by atoms with Crippen molar-refractivity contribution in [2.45, 2.75) is 77.1 Å². The number of hydrogen-bond donors (Lipinski definition) is 2. The molecule has 2 heterocycles. The number of halogens is 2. The molecule has 0 saturated heterocycles. The molecular weight excluding hydrogens is 392 g/mol. The van der Waals surface area contributed by atoms with Crippen LogP contribution in [-0.2, 0) is 13.0 Å². The van der Waals surface area contributed by atoms with Gasteiger partial charge in [-0.2, -0.15) is 0 Å². The minimum Gasteiger partial charge on any atom is -0.465 e. The SMILES string of the molecule is CC(O)Cc1cnc2n1C[C@H](c1cccc(F)c1F)CC[C@H]2N(C(=O)O)C(C)(C)C. The summed E-state index contributed by atoms with van der Waals surface area (Å²) in [6.45, 7) is 7.46. The van der Waals surface area contributed by atoms with Crippen molar-refractivity contribution in [3.63, 3.8) is 0 Å². The quantitative estimate of drug-likeness (QED) is 0.763. The lowest BCUT2D eigenvalue weighted by atomic mass is 9.91. The number of aliphatic hydroxyl groups is 1. The molecule has 1 aromatic carbocycles. The van der Waals surface area contributed by atoms with E-state index >= 15 is 0 Å². The van der Waals surface area contributed by atoms with Gasteiger partial charge in [0, 0.05) is 36.3 Å². The summed E-state index contributed by atoms with van der Waals surface area (Å²) in [4.78, 5) is 18.0. The zero-order valence-corrected chi connectivity index (χ0v) is 17.8. The molecule has 1 aromatic heterocycles. The van der Waals surface area contributed by atoms with E-state index in [1.54, 1.807) is 19.2 Å². The first-order chi connectivity index (χ1) is 14.0. The average molecular weight is 421 g/mol. The average Bonchev–Trinajstić information content (AvgIpc) is 2.89. The number of aliphatic hydroxyl groups excluding tert-OH is 1. The third-order valence-electron chi connectivity index (χ3n) is 5.62. The van der Waals surface area contributed by atoms with Crippen molar-refractivity contribution in [2.75, 3.05) is 0 Å². The van der Waals surface area contributed by atoms with Gasteiger partial charge in [-0.1, -0.05) is 12.1 Å². The topological polar surface area (TPSA) is 78.6 Å². The fraction of sp³-hybridized carbons (Fsp3) is 0.545. The van der Waals surface area contributed by atoms with Gasteiger partial charge in [0.15, 0.2) is 11.6 Å². The Hall–Kier alpha value is -2.48. The van der Waals surface area contributed by atoms with Crippen LogP contribution in [0.3, 0.4) is 0 Å². The maximum Gasteiger partial charge on any atom is 0.408 e. The second-order valence-corrected chi connectivity index (χ2v) is 9.03. The number of hydrogen-bond acceptors (Lipinski definition) is 3. The van der Waals surface area contributed by atoms with Crippen LogP contribution in [-0.4, -0.2) is 42.4 Å². The molecule has 3 rings (SSSR count). The molecule has 1 unspecified atom stereocenters. The van der Waals surface area contributed by atoms with Gasteiger partial charge in [0.05, 0.1) is 12.1 Å². The molecule has 0 spiro atoms. The fourth-order valence-corrected chi connectivity index (χ4v) is 4.39. The van der Waals surface area contributed by atoms with Gasteiger partial charge in [0.1, 0.15) is 5.82 Å². The Balaban J connectivity index is 2.10. The molecule has 164 valence electrons. The third-order valence-corrected chi connectivity index (χ3v) is 5.62. The number of benzene rings is 1. The predicted octanol–water partition coefficient (Wildman–Crippen LogP) is 4.48. The monoisotopic (exact) mass is 421 g/mol. The highest BCUT2D eigenvalue weighted by Gasteiger charge is 2.39. The Morgan fingerprint density at radius 3 is 2.63 bits per heavy atom. The molecule has 0 aliphatic carbocycles. The van der Waals surface area contributed by atoms with Crippen molar-refractivity contribution in [2.24, 2.45) is 0 Å². The molecule has 0 bridgehead atoms. The van der Waals surface area contributed by atoms with E-state index in [2.05, 4.69) is 4.98 Å². The van der Waals surface area contributed by atoms with Crippen LogP contribution in [0.1, 0.15) is 69.6 Å². The molecule has 2 aromatic rings. The highest BCUT2D eigenvalue weighted by atomic mass is 19.2. The molecule has 0 fully saturated rings. The van der Waals surface area contributed by atoms with Crippen molar-refractivity contribution in [3.05, 3.63) is 53.1 Å². The molecule has 6 nitrogen and oxygen atoms in total. The van der Waals surface area contributed by atoms with E-state index in [9.17, 15) is 23.8 Å². The number of nitrogens with zero attached hydrogens (tertiary/aromatic N) is 3. The predicted molar refractivity (Wildman–Crippen MR) is 108 cm³/mol. The van der Waals surface area contributed by atoms with Gasteiger partial charge in [0.2, 0.25) is 0 Å². The van der Waals surface area contributed by atoms with E-state index in [0.29, 0.717) is 31.6 Å². The number of aromatic nitrogens is 2. The summed E-state index contributed by atoms with van der Waals surface area (Å²) in [5.41, 5.74) is 0.339. The number of carboxylic acid groups (broad SMARTS) is 1. The summed E-state index contributed by atoms with van der Waals surface area (Å²) in [6.07, 6.45) is 1.20. The molecule has 2 N–H and O–H groups in total. The summed E-state index contributed by atoms with van der Waals surface area (Å²) in [7, 11) is 0. The number of imidazole rings is 1. The van der Waals surface area contributed by atoms with Crippen LogP contribution < -0.4 is 0 Å². The maximum absolute atomic E-state index is 14.6. The standard InChI is InChI=1S/C22H29F2N3O3/c1-13(28)10-15-11-25-20-18(27(21(29)30)22(2,3)4)9-8-14(12-26(15)20)16-6-5-7-17(23)19(16)24/h5-7,11,13-14,18,28H,8-10,12H2,1-4H3,(H,29,30)/t13?,14-,18-/m1/s1.